The van der Waals surface area contributed by atoms with Crippen molar-refractivity contribution in [3.05, 3.63) is 45.4 Å². The van der Waals surface area contributed by atoms with Crippen molar-refractivity contribution in [3.63, 3.8) is 0 Å². The van der Waals surface area contributed by atoms with Gasteiger partial charge in [0.15, 0.2) is 21.9 Å². The third kappa shape index (κ3) is 5.01. The van der Waals surface area contributed by atoms with Crippen LogP contribution in [0.1, 0.15) is 16.1 Å². The van der Waals surface area contributed by atoms with Gasteiger partial charge >= 0.3 is 5.97 Å². The fraction of sp³-hybridized carbons (Fsp3) is 0.222. The third-order valence-electron chi connectivity index (χ3n) is 3.31. The maximum absolute atomic E-state index is 12.3. The highest BCUT2D eigenvalue weighted by Crippen LogP contribution is 2.38. The van der Waals surface area contributed by atoms with Gasteiger partial charge in [0.2, 0.25) is 11.5 Å². The molecule has 0 radical (unpaired) electrons. The topological polar surface area (TPSA) is 84.2 Å². The lowest BCUT2D eigenvalue weighted by Crippen LogP contribution is -2.13. The second-order valence-electron chi connectivity index (χ2n) is 4.92. The number of methoxy groups -OCH3 is 3. The second-order valence-corrected chi connectivity index (χ2v) is 5.98. The molecule has 0 amide bonds. The molecular formula is C18H17IO7. The van der Waals surface area contributed by atoms with E-state index in [1.54, 1.807) is 12.1 Å². The maximum atomic E-state index is 12.3. The van der Waals surface area contributed by atoms with E-state index in [0.717, 1.165) is 0 Å². The quantitative estimate of drug-likeness (QED) is 0.252. The molecule has 0 aliphatic heterocycles. The van der Waals surface area contributed by atoms with Gasteiger partial charge in [0.1, 0.15) is 5.76 Å². The summed E-state index contributed by atoms with van der Waals surface area (Å²) < 4.78 is 26.5. The van der Waals surface area contributed by atoms with Crippen LogP contribution in [0.15, 0.2) is 34.8 Å². The first-order chi connectivity index (χ1) is 12.5. The molecule has 0 aliphatic rings. The van der Waals surface area contributed by atoms with Crippen LogP contribution in [0, 0.1) is 3.77 Å². The number of halogens is 1. The molecule has 2 aromatic rings. The van der Waals surface area contributed by atoms with E-state index >= 15 is 0 Å². The molecule has 8 heteroatoms. The number of ether oxygens (including phenoxy) is 4. The second kappa shape index (κ2) is 9.27. The molecule has 0 saturated carbocycles. The Morgan fingerprint density at radius 2 is 1.73 bits per heavy atom. The van der Waals surface area contributed by atoms with Crippen LogP contribution in [0.2, 0.25) is 0 Å². The van der Waals surface area contributed by atoms with E-state index in [-0.39, 0.29) is 5.56 Å². The van der Waals surface area contributed by atoms with E-state index in [9.17, 15) is 9.59 Å². The number of carbonyl (C=O) groups is 2. The number of benzene rings is 1. The summed E-state index contributed by atoms with van der Waals surface area (Å²) in [6.07, 6.45) is 2.66. The van der Waals surface area contributed by atoms with E-state index in [4.69, 9.17) is 23.4 Å². The lowest BCUT2D eigenvalue weighted by atomic mass is 10.1. The number of esters is 1. The van der Waals surface area contributed by atoms with Crippen LogP contribution in [0.5, 0.6) is 17.2 Å². The SMILES string of the molecule is COc1cc(C(=O)COC(=O)/C=C/c2ccc(I)o2)cc(OC)c1OC. The zero-order chi connectivity index (χ0) is 19.1. The number of hydrogen-bond donors (Lipinski definition) is 0. The average Bonchev–Trinajstić information content (AvgIpc) is 3.08. The molecule has 26 heavy (non-hydrogen) atoms. The molecule has 0 bridgehead atoms. The minimum Gasteiger partial charge on any atom is -0.493 e. The van der Waals surface area contributed by atoms with Crippen molar-refractivity contribution in [1.82, 2.24) is 0 Å². The third-order valence-corrected chi connectivity index (χ3v) is 3.89. The minimum absolute atomic E-state index is 0.275. The maximum Gasteiger partial charge on any atom is 0.331 e. The highest BCUT2D eigenvalue weighted by Gasteiger charge is 2.17. The van der Waals surface area contributed by atoms with Crippen molar-refractivity contribution >= 4 is 40.4 Å². The molecule has 1 aromatic heterocycles. The monoisotopic (exact) mass is 472 g/mol. The Morgan fingerprint density at radius 3 is 2.23 bits per heavy atom. The van der Waals surface area contributed by atoms with Crippen molar-refractivity contribution in [2.24, 2.45) is 0 Å². The van der Waals surface area contributed by atoms with E-state index in [1.807, 2.05) is 22.6 Å². The molecule has 0 atom stereocenters. The fourth-order valence-corrected chi connectivity index (χ4v) is 2.51. The lowest BCUT2D eigenvalue weighted by Gasteiger charge is -2.13. The Kier molecular flexibility index (Phi) is 7.07. The largest absolute Gasteiger partial charge is 0.493 e. The molecule has 0 N–H and O–H groups in total. The zero-order valence-corrected chi connectivity index (χ0v) is 16.6. The van der Waals surface area contributed by atoms with Gasteiger partial charge in [-0.1, -0.05) is 0 Å². The van der Waals surface area contributed by atoms with Gasteiger partial charge in [0.25, 0.3) is 0 Å². The zero-order valence-electron chi connectivity index (χ0n) is 14.4. The van der Waals surface area contributed by atoms with Gasteiger partial charge in [-0.05, 0) is 52.9 Å². The number of rotatable bonds is 8. The molecule has 0 saturated heterocycles. The van der Waals surface area contributed by atoms with Gasteiger partial charge in [-0.15, -0.1) is 0 Å². The van der Waals surface area contributed by atoms with Crippen LogP contribution < -0.4 is 14.2 Å². The Bertz CT molecular complexity index is 798. The van der Waals surface area contributed by atoms with Crippen LogP contribution in [0.25, 0.3) is 6.08 Å². The average molecular weight is 472 g/mol. The summed E-state index contributed by atoms with van der Waals surface area (Å²) in [6.45, 7) is -0.419. The van der Waals surface area contributed by atoms with E-state index in [0.29, 0.717) is 26.8 Å². The lowest BCUT2D eigenvalue weighted by molar-refractivity contribution is -0.136. The molecule has 0 fully saturated rings. The molecule has 0 aliphatic carbocycles. The highest BCUT2D eigenvalue weighted by atomic mass is 127. The van der Waals surface area contributed by atoms with Gasteiger partial charge < -0.3 is 23.4 Å². The highest BCUT2D eigenvalue weighted by molar-refractivity contribution is 14.1. The van der Waals surface area contributed by atoms with E-state index in [1.165, 1.54) is 45.6 Å². The first-order valence-electron chi connectivity index (χ1n) is 7.42. The number of Topliss-reactive ketones (excluding diaryl/α,β-unsaturated/α-hetero) is 1. The normalized spacial score (nSPS) is 10.6. The summed E-state index contributed by atoms with van der Waals surface area (Å²) >= 11 is 2.02. The standard InChI is InChI=1S/C18H17IO7/c1-22-14-8-11(9-15(23-2)18(14)24-3)13(20)10-25-17(21)7-5-12-4-6-16(19)26-12/h4-9H,10H2,1-3H3/b7-5+. The molecule has 138 valence electrons. The predicted molar refractivity (Wildman–Crippen MR) is 102 cm³/mol. The summed E-state index contributed by atoms with van der Waals surface area (Å²) in [5.41, 5.74) is 0.275. The van der Waals surface area contributed by atoms with Gasteiger partial charge in [0, 0.05) is 11.6 Å². The predicted octanol–water partition coefficient (Wildman–Crippen LogP) is 3.35. The van der Waals surface area contributed by atoms with Crippen LogP contribution in [0.3, 0.4) is 0 Å². The van der Waals surface area contributed by atoms with Crippen molar-refractivity contribution in [1.29, 1.82) is 0 Å². The van der Waals surface area contributed by atoms with Crippen molar-refractivity contribution < 1.29 is 33.0 Å². The fourth-order valence-electron chi connectivity index (χ4n) is 2.08. The van der Waals surface area contributed by atoms with Gasteiger partial charge in [-0.3, -0.25) is 4.79 Å². The first-order valence-corrected chi connectivity index (χ1v) is 8.49. The van der Waals surface area contributed by atoms with Crippen LogP contribution in [0.4, 0.5) is 0 Å². The number of hydrogen-bond acceptors (Lipinski definition) is 7. The molecule has 1 aromatic carbocycles. The summed E-state index contributed by atoms with van der Waals surface area (Å²) in [6, 6.07) is 6.47. The molecule has 0 spiro atoms. The molecule has 0 unspecified atom stereocenters. The summed E-state index contributed by atoms with van der Waals surface area (Å²) in [5, 5.41) is 0. The van der Waals surface area contributed by atoms with Crippen LogP contribution in [-0.4, -0.2) is 39.7 Å². The Balaban J connectivity index is 2.03. The number of furan rings is 1. The Morgan fingerprint density at radius 1 is 1.08 bits per heavy atom. The molecule has 2 rings (SSSR count). The minimum atomic E-state index is -0.655. The van der Waals surface area contributed by atoms with Gasteiger partial charge in [-0.2, -0.15) is 0 Å². The van der Waals surface area contributed by atoms with E-state index in [2.05, 4.69) is 0 Å². The summed E-state index contributed by atoms with van der Waals surface area (Å²) in [7, 11) is 4.37. The van der Waals surface area contributed by atoms with E-state index < -0.39 is 18.4 Å². The van der Waals surface area contributed by atoms with Gasteiger partial charge in [0.05, 0.1) is 21.3 Å². The molecule has 7 nitrogen and oxygen atoms in total. The number of ketones is 1. The van der Waals surface area contributed by atoms with Crippen LogP contribution in [-0.2, 0) is 9.53 Å². The van der Waals surface area contributed by atoms with Crippen LogP contribution >= 0.6 is 22.6 Å². The van der Waals surface area contributed by atoms with Crippen molar-refractivity contribution in [3.8, 4) is 17.2 Å². The number of carbonyl (C=O) groups excluding carboxylic acids is 2. The van der Waals surface area contributed by atoms with Gasteiger partial charge in [-0.25, -0.2) is 4.79 Å². The van der Waals surface area contributed by atoms with Crippen molar-refractivity contribution in [2.75, 3.05) is 27.9 Å². The Labute approximate surface area is 164 Å². The Hall–Kier alpha value is -2.49. The van der Waals surface area contributed by atoms with Crippen molar-refractivity contribution in [2.45, 2.75) is 0 Å². The summed E-state index contributed by atoms with van der Waals surface area (Å²) in [5.74, 6) is 0.514. The molecule has 1 heterocycles. The first kappa shape index (κ1) is 19.8. The smallest absolute Gasteiger partial charge is 0.331 e. The molecular weight excluding hydrogens is 455 g/mol. The summed E-state index contributed by atoms with van der Waals surface area (Å²) in [4.78, 5) is 24.0.